The van der Waals surface area contributed by atoms with Crippen LogP contribution in [-0.4, -0.2) is 4.98 Å². The van der Waals surface area contributed by atoms with Crippen molar-refractivity contribution in [2.75, 3.05) is 0 Å². The summed E-state index contributed by atoms with van der Waals surface area (Å²) < 4.78 is 11.0. The summed E-state index contributed by atoms with van der Waals surface area (Å²) in [6, 6.07) is 9.31. The first-order chi connectivity index (χ1) is 8.72. The van der Waals surface area contributed by atoms with Crippen LogP contribution in [-0.2, 0) is 0 Å². The van der Waals surface area contributed by atoms with Gasteiger partial charge in [0.2, 0.25) is 0 Å². The predicted octanol–water partition coefficient (Wildman–Crippen LogP) is 5.03. The molecule has 0 saturated heterocycles. The molecule has 2 aromatic carbocycles. The Morgan fingerprint density at radius 1 is 0.944 bits per heavy atom. The molecule has 0 N–H and O–H groups in total. The molecule has 0 atom stereocenters. The number of rotatable bonds is 0. The third-order valence-electron chi connectivity index (χ3n) is 2.93. The van der Waals surface area contributed by atoms with Crippen LogP contribution in [0.15, 0.2) is 39.2 Å². The van der Waals surface area contributed by atoms with Crippen molar-refractivity contribution in [3.63, 3.8) is 0 Å². The van der Waals surface area contributed by atoms with E-state index < -0.39 is 0 Å². The predicted molar refractivity (Wildman–Crippen MR) is 71.3 cm³/mol. The van der Waals surface area contributed by atoms with Gasteiger partial charge in [0.15, 0.2) is 11.2 Å². The molecular formula is C13H5Cl2NO2. The minimum absolute atomic E-state index is 0.125. The fraction of sp³-hybridized carbons (Fsp3) is 0. The van der Waals surface area contributed by atoms with E-state index in [0.29, 0.717) is 27.3 Å². The third-order valence-corrected chi connectivity index (χ3v) is 3.39. The standard InChI is InChI=1S/C13H5Cl2NO2/c14-8-3-1-2-6-7-4-9-11(18-13(15)16-9)5-10(7)17-12(6)8/h1-5H. The van der Waals surface area contributed by atoms with Gasteiger partial charge >= 0.3 is 0 Å². The average Bonchev–Trinajstić information content (AvgIpc) is 2.86. The lowest BCUT2D eigenvalue weighted by atomic mass is 10.1. The van der Waals surface area contributed by atoms with Crippen molar-refractivity contribution < 1.29 is 8.83 Å². The highest BCUT2D eigenvalue weighted by atomic mass is 35.5. The lowest BCUT2D eigenvalue weighted by Gasteiger charge is -1.90. The van der Waals surface area contributed by atoms with E-state index in [1.54, 1.807) is 12.1 Å². The van der Waals surface area contributed by atoms with Crippen LogP contribution in [0.3, 0.4) is 0 Å². The molecule has 0 aliphatic carbocycles. The minimum Gasteiger partial charge on any atom is -0.454 e. The van der Waals surface area contributed by atoms with E-state index in [-0.39, 0.29) is 5.35 Å². The molecule has 0 aliphatic rings. The zero-order valence-corrected chi connectivity index (χ0v) is 10.4. The molecule has 4 rings (SSSR count). The van der Waals surface area contributed by atoms with E-state index in [9.17, 15) is 0 Å². The molecule has 3 nitrogen and oxygen atoms in total. The smallest absolute Gasteiger partial charge is 0.293 e. The summed E-state index contributed by atoms with van der Waals surface area (Å²) in [5.41, 5.74) is 2.68. The van der Waals surface area contributed by atoms with Gasteiger partial charge in [-0.2, -0.15) is 4.98 Å². The number of halogens is 2. The lowest BCUT2D eigenvalue weighted by molar-refractivity contribution is 0.603. The highest BCUT2D eigenvalue weighted by Gasteiger charge is 2.13. The van der Waals surface area contributed by atoms with E-state index in [1.807, 2.05) is 18.2 Å². The summed E-state index contributed by atoms with van der Waals surface area (Å²) in [6.45, 7) is 0. The number of benzene rings is 2. The second-order valence-electron chi connectivity index (χ2n) is 4.00. The van der Waals surface area contributed by atoms with E-state index in [1.165, 1.54) is 0 Å². The molecule has 0 saturated carbocycles. The van der Waals surface area contributed by atoms with E-state index in [2.05, 4.69) is 4.98 Å². The summed E-state index contributed by atoms with van der Waals surface area (Å²) in [5, 5.41) is 2.62. The van der Waals surface area contributed by atoms with Gasteiger partial charge < -0.3 is 8.83 Å². The van der Waals surface area contributed by atoms with Crippen molar-refractivity contribution in [1.29, 1.82) is 0 Å². The largest absolute Gasteiger partial charge is 0.454 e. The van der Waals surface area contributed by atoms with Gasteiger partial charge in [-0.15, -0.1) is 0 Å². The number of fused-ring (bicyclic) bond motifs is 4. The Bertz CT molecular complexity index is 907. The number of furan rings is 1. The molecule has 0 amide bonds. The maximum absolute atomic E-state index is 6.11. The zero-order chi connectivity index (χ0) is 12.3. The van der Waals surface area contributed by atoms with Crippen molar-refractivity contribution >= 4 is 56.2 Å². The molecule has 0 bridgehead atoms. The number of aromatic nitrogens is 1. The molecule has 18 heavy (non-hydrogen) atoms. The SMILES string of the molecule is Clc1nc2cc3c(cc2o1)oc1c(Cl)cccc13. The van der Waals surface area contributed by atoms with Crippen LogP contribution in [0, 0.1) is 0 Å². The third kappa shape index (κ3) is 1.29. The quantitative estimate of drug-likeness (QED) is 0.452. The van der Waals surface area contributed by atoms with Gasteiger partial charge in [-0.3, -0.25) is 0 Å². The van der Waals surface area contributed by atoms with Crippen molar-refractivity contribution in [3.05, 3.63) is 40.7 Å². The Morgan fingerprint density at radius 3 is 2.72 bits per heavy atom. The lowest BCUT2D eigenvalue weighted by Crippen LogP contribution is -1.69. The number of nitrogens with zero attached hydrogens (tertiary/aromatic N) is 1. The summed E-state index contributed by atoms with van der Waals surface area (Å²) in [7, 11) is 0. The van der Waals surface area contributed by atoms with E-state index >= 15 is 0 Å². The normalized spacial score (nSPS) is 11.9. The second kappa shape index (κ2) is 3.40. The van der Waals surface area contributed by atoms with Crippen molar-refractivity contribution in [1.82, 2.24) is 4.98 Å². The molecule has 88 valence electrons. The van der Waals surface area contributed by atoms with Gasteiger partial charge in [0.05, 0.1) is 5.02 Å². The fourth-order valence-corrected chi connectivity index (χ4v) is 2.54. The molecule has 0 aliphatic heterocycles. The van der Waals surface area contributed by atoms with Crippen LogP contribution in [0.5, 0.6) is 0 Å². The van der Waals surface area contributed by atoms with Crippen molar-refractivity contribution in [2.45, 2.75) is 0 Å². The van der Waals surface area contributed by atoms with Gasteiger partial charge in [0, 0.05) is 16.8 Å². The van der Waals surface area contributed by atoms with Crippen LogP contribution in [0.4, 0.5) is 0 Å². The molecule has 0 radical (unpaired) electrons. The molecule has 0 spiro atoms. The summed E-state index contributed by atoms with van der Waals surface area (Å²) in [4.78, 5) is 4.10. The maximum atomic E-state index is 6.11. The summed E-state index contributed by atoms with van der Waals surface area (Å²) in [5.74, 6) is 0. The number of hydrogen-bond acceptors (Lipinski definition) is 3. The molecule has 2 aromatic heterocycles. The molecule has 2 heterocycles. The number of para-hydroxylation sites is 1. The van der Waals surface area contributed by atoms with Crippen LogP contribution >= 0.6 is 23.2 Å². The van der Waals surface area contributed by atoms with Crippen LogP contribution in [0.2, 0.25) is 10.4 Å². The highest BCUT2D eigenvalue weighted by Crippen LogP contribution is 2.35. The Morgan fingerprint density at radius 2 is 1.83 bits per heavy atom. The second-order valence-corrected chi connectivity index (χ2v) is 4.73. The fourth-order valence-electron chi connectivity index (χ4n) is 2.16. The maximum Gasteiger partial charge on any atom is 0.293 e. The van der Waals surface area contributed by atoms with Crippen molar-refractivity contribution in [3.8, 4) is 0 Å². The Hall–Kier alpha value is -1.71. The Balaban J connectivity index is 2.25. The number of hydrogen-bond donors (Lipinski definition) is 0. The topological polar surface area (TPSA) is 39.2 Å². The van der Waals surface area contributed by atoms with E-state index in [4.69, 9.17) is 32.0 Å². The molecule has 0 unspecified atom stereocenters. The van der Waals surface area contributed by atoms with Crippen LogP contribution in [0.1, 0.15) is 0 Å². The Labute approximate surface area is 111 Å². The highest BCUT2D eigenvalue weighted by molar-refractivity contribution is 6.36. The van der Waals surface area contributed by atoms with Crippen LogP contribution < -0.4 is 0 Å². The van der Waals surface area contributed by atoms with Crippen molar-refractivity contribution in [2.24, 2.45) is 0 Å². The van der Waals surface area contributed by atoms with Crippen LogP contribution in [0.25, 0.3) is 33.0 Å². The van der Waals surface area contributed by atoms with E-state index in [0.717, 1.165) is 10.8 Å². The molecular weight excluding hydrogens is 273 g/mol. The van der Waals surface area contributed by atoms with Gasteiger partial charge in [-0.05, 0) is 23.7 Å². The average molecular weight is 278 g/mol. The molecule has 4 aromatic rings. The van der Waals surface area contributed by atoms with Gasteiger partial charge in [-0.1, -0.05) is 23.7 Å². The first-order valence-corrected chi connectivity index (χ1v) is 6.05. The Kier molecular flexibility index (Phi) is 1.93. The molecule has 0 fully saturated rings. The number of oxazole rings is 1. The van der Waals surface area contributed by atoms with Gasteiger partial charge in [-0.25, -0.2) is 0 Å². The zero-order valence-electron chi connectivity index (χ0n) is 8.91. The first-order valence-electron chi connectivity index (χ1n) is 5.29. The summed E-state index contributed by atoms with van der Waals surface area (Å²) >= 11 is 11.8. The monoisotopic (exact) mass is 277 g/mol. The van der Waals surface area contributed by atoms with Gasteiger partial charge in [0.1, 0.15) is 11.1 Å². The minimum atomic E-state index is 0.125. The first kappa shape index (κ1) is 10.2. The molecule has 5 heteroatoms. The van der Waals surface area contributed by atoms with Gasteiger partial charge in [0.25, 0.3) is 5.35 Å². The summed E-state index contributed by atoms with van der Waals surface area (Å²) in [6.07, 6.45) is 0.